The number of hydrogen-bond donors (Lipinski definition) is 2. The lowest BCUT2D eigenvalue weighted by atomic mass is 10.1. The van der Waals surface area contributed by atoms with Gasteiger partial charge in [0, 0.05) is 32.7 Å². The van der Waals surface area contributed by atoms with Crippen LogP contribution in [0.1, 0.15) is 25.7 Å². The number of carbonyl (C=O) groups is 1. The van der Waals surface area contributed by atoms with Crippen LogP contribution >= 0.6 is 12.4 Å². The quantitative estimate of drug-likeness (QED) is 0.582. The van der Waals surface area contributed by atoms with E-state index in [0.717, 1.165) is 31.4 Å². The second-order valence-electron chi connectivity index (χ2n) is 6.19. The summed E-state index contributed by atoms with van der Waals surface area (Å²) in [5, 5.41) is 0. The summed E-state index contributed by atoms with van der Waals surface area (Å²) in [6.45, 7) is 2.46. The molecule has 1 aliphatic rings. The summed E-state index contributed by atoms with van der Waals surface area (Å²) in [5.74, 6) is -0.596. The van der Waals surface area contributed by atoms with E-state index >= 15 is 0 Å². The summed E-state index contributed by atoms with van der Waals surface area (Å²) < 4.78 is 45.1. The summed E-state index contributed by atoms with van der Waals surface area (Å²) in [6, 6.07) is 4.54. The van der Waals surface area contributed by atoms with Gasteiger partial charge in [-0.1, -0.05) is 0 Å². The molecule has 1 aromatic carbocycles. The molecule has 0 aliphatic carbocycles. The van der Waals surface area contributed by atoms with E-state index in [1.807, 2.05) is 0 Å². The average molecular weight is 424 g/mol. The zero-order valence-corrected chi connectivity index (χ0v) is 16.7. The Balaban J connectivity index is 0.00000364. The second kappa shape index (κ2) is 11.6. The van der Waals surface area contributed by atoms with Crippen molar-refractivity contribution in [2.24, 2.45) is 5.73 Å². The number of likely N-dealkylation sites (tertiary alicyclic amines) is 1. The highest BCUT2D eigenvalue weighted by molar-refractivity contribution is 7.89. The minimum Gasteiger partial charge on any atom is -0.378 e. The summed E-state index contributed by atoms with van der Waals surface area (Å²) in [5.41, 5.74) is 5.43. The standard InChI is InChI=1S/C17H26FN3O4S.ClH/c18-14-2-4-16(5-3-14)26(23,24)20-10-6-17(22)21-11-7-15(8-12-21)25-13-1-9-19;/h2-5,15,20H,1,6-13,19H2;1H. The molecule has 154 valence electrons. The van der Waals surface area contributed by atoms with Crippen molar-refractivity contribution in [1.29, 1.82) is 0 Å². The first kappa shape index (κ1) is 23.8. The van der Waals surface area contributed by atoms with Crippen molar-refractivity contribution in [3.05, 3.63) is 30.1 Å². The predicted octanol–water partition coefficient (Wildman–Crippen LogP) is 1.27. The molecule has 7 nitrogen and oxygen atoms in total. The minimum atomic E-state index is -3.74. The number of benzene rings is 1. The van der Waals surface area contributed by atoms with Gasteiger partial charge in [0.1, 0.15) is 5.82 Å². The molecule has 1 heterocycles. The molecule has 0 spiro atoms. The first-order chi connectivity index (χ1) is 12.4. The van der Waals surface area contributed by atoms with Crippen LogP contribution in [0.5, 0.6) is 0 Å². The third kappa shape index (κ3) is 7.71. The Morgan fingerprint density at radius 2 is 1.89 bits per heavy atom. The lowest BCUT2D eigenvalue weighted by Crippen LogP contribution is -2.42. The molecule has 1 saturated heterocycles. The molecule has 1 fully saturated rings. The molecule has 0 radical (unpaired) electrons. The second-order valence-corrected chi connectivity index (χ2v) is 7.96. The van der Waals surface area contributed by atoms with E-state index in [-0.39, 0.29) is 42.3 Å². The van der Waals surface area contributed by atoms with Gasteiger partial charge >= 0.3 is 0 Å². The maximum Gasteiger partial charge on any atom is 0.240 e. The molecule has 0 bridgehead atoms. The molecule has 2 rings (SSSR count). The number of halogens is 2. The molecule has 1 aromatic rings. The Morgan fingerprint density at radius 1 is 1.26 bits per heavy atom. The minimum absolute atomic E-state index is 0. The number of nitrogens with two attached hydrogens (primary N) is 1. The maximum atomic E-state index is 12.9. The predicted molar refractivity (Wildman–Crippen MR) is 103 cm³/mol. The maximum absolute atomic E-state index is 12.9. The topological polar surface area (TPSA) is 102 Å². The van der Waals surface area contributed by atoms with Crippen LogP contribution in [0.3, 0.4) is 0 Å². The highest BCUT2D eigenvalue weighted by Crippen LogP contribution is 2.15. The van der Waals surface area contributed by atoms with Gasteiger partial charge in [-0.25, -0.2) is 17.5 Å². The van der Waals surface area contributed by atoms with E-state index in [0.29, 0.717) is 26.2 Å². The van der Waals surface area contributed by atoms with Gasteiger partial charge in [-0.05, 0) is 50.1 Å². The van der Waals surface area contributed by atoms with Crippen molar-refractivity contribution in [2.45, 2.75) is 36.7 Å². The molecular weight excluding hydrogens is 397 g/mol. The largest absolute Gasteiger partial charge is 0.378 e. The Hall–Kier alpha value is -1.26. The van der Waals surface area contributed by atoms with Gasteiger partial charge in [0.25, 0.3) is 0 Å². The number of piperidine rings is 1. The highest BCUT2D eigenvalue weighted by Gasteiger charge is 2.23. The number of nitrogens with one attached hydrogen (secondary N) is 1. The van der Waals surface area contributed by atoms with Crippen molar-refractivity contribution in [3.8, 4) is 0 Å². The van der Waals surface area contributed by atoms with Crippen LogP contribution in [0, 0.1) is 5.82 Å². The Morgan fingerprint density at radius 3 is 2.48 bits per heavy atom. The van der Waals surface area contributed by atoms with Gasteiger partial charge < -0.3 is 15.4 Å². The van der Waals surface area contributed by atoms with Crippen molar-refractivity contribution in [1.82, 2.24) is 9.62 Å². The lowest BCUT2D eigenvalue weighted by molar-refractivity contribution is -0.133. The molecule has 1 amide bonds. The SMILES string of the molecule is Cl.NCCCOC1CCN(C(=O)CCNS(=O)(=O)c2ccc(F)cc2)CC1. The number of rotatable bonds is 9. The number of ether oxygens (including phenoxy) is 1. The number of amides is 1. The van der Waals surface area contributed by atoms with Crippen LogP contribution in [0.25, 0.3) is 0 Å². The lowest BCUT2D eigenvalue weighted by Gasteiger charge is -2.32. The molecule has 0 unspecified atom stereocenters. The summed E-state index contributed by atoms with van der Waals surface area (Å²) in [4.78, 5) is 13.9. The summed E-state index contributed by atoms with van der Waals surface area (Å²) >= 11 is 0. The van der Waals surface area contributed by atoms with Crippen molar-refractivity contribution in [3.63, 3.8) is 0 Å². The fourth-order valence-corrected chi connectivity index (χ4v) is 3.78. The van der Waals surface area contributed by atoms with Gasteiger partial charge in [-0.2, -0.15) is 0 Å². The summed E-state index contributed by atoms with van der Waals surface area (Å²) in [7, 11) is -3.74. The smallest absolute Gasteiger partial charge is 0.240 e. The normalized spacial score (nSPS) is 15.4. The van der Waals surface area contributed by atoms with Crippen LogP contribution in [0.15, 0.2) is 29.2 Å². The van der Waals surface area contributed by atoms with Gasteiger partial charge in [0.2, 0.25) is 15.9 Å². The first-order valence-corrected chi connectivity index (χ1v) is 10.3. The third-order valence-corrected chi connectivity index (χ3v) is 5.73. The van der Waals surface area contributed by atoms with Gasteiger partial charge in [-0.15, -0.1) is 12.4 Å². The van der Waals surface area contributed by atoms with Gasteiger partial charge in [0.15, 0.2) is 0 Å². The molecular formula is C17H27ClFN3O4S. The van der Waals surface area contributed by atoms with E-state index < -0.39 is 15.8 Å². The fraction of sp³-hybridized carbons (Fsp3) is 0.588. The van der Waals surface area contributed by atoms with E-state index in [2.05, 4.69) is 4.72 Å². The van der Waals surface area contributed by atoms with E-state index in [1.165, 1.54) is 12.1 Å². The molecule has 0 aromatic heterocycles. The number of carbonyl (C=O) groups excluding carboxylic acids is 1. The Bertz CT molecular complexity index is 680. The van der Waals surface area contributed by atoms with Crippen molar-refractivity contribution < 1.29 is 22.3 Å². The average Bonchev–Trinajstić information content (AvgIpc) is 2.62. The molecule has 10 heteroatoms. The number of nitrogens with zero attached hydrogens (tertiary/aromatic N) is 1. The Kier molecular flexibility index (Phi) is 10.2. The number of sulfonamides is 1. The van der Waals surface area contributed by atoms with Crippen molar-refractivity contribution >= 4 is 28.3 Å². The molecule has 1 aliphatic heterocycles. The molecule has 27 heavy (non-hydrogen) atoms. The molecule has 0 saturated carbocycles. The zero-order chi connectivity index (χ0) is 19.0. The van der Waals surface area contributed by atoms with Crippen molar-refractivity contribution in [2.75, 3.05) is 32.8 Å². The first-order valence-electron chi connectivity index (χ1n) is 8.77. The van der Waals surface area contributed by atoms with E-state index in [4.69, 9.17) is 10.5 Å². The molecule has 0 atom stereocenters. The van der Waals surface area contributed by atoms with Crippen LogP contribution < -0.4 is 10.5 Å². The fourth-order valence-electron chi connectivity index (χ4n) is 2.75. The Labute approximate surface area is 165 Å². The van der Waals surface area contributed by atoms with Crippen LogP contribution in [-0.4, -0.2) is 58.1 Å². The number of hydrogen-bond acceptors (Lipinski definition) is 5. The highest BCUT2D eigenvalue weighted by atomic mass is 35.5. The van der Waals surface area contributed by atoms with Gasteiger partial charge in [-0.3, -0.25) is 4.79 Å². The zero-order valence-electron chi connectivity index (χ0n) is 15.1. The van der Waals surface area contributed by atoms with Crippen LogP contribution in [0.2, 0.25) is 0 Å². The van der Waals surface area contributed by atoms with Gasteiger partial charge in [0.05, 0.1) is 11.0 Å². The molecule has 3 N–H and O–H groups in total. The van der Waals surface area contributed by atoms with E-state index in [9.17, 15) is 17.6 Å². The van der Waals surface area contributed by atoms with E-state index in [1.54, 1.807) is 4.90 Å². The third-order valence-electron chi connectivity index (χ3n) is 4.25. The van der Waals surface area contributed by atoms with Crippen LogP contribution in [-0.2, 0) is 19.6 Å². The summed E-state index contributed by atoms with van der Waals surface area (Å²) in [6.07, 6.45) is 2.62. The van der Waals surface area contributed by atoms with Crippen LogP contribution in [0.4, 0.5) is 4.39 Å². The monoisotopic (exact) mass is 423 g/mol.